The van der Waals surface area contributed by atoms with Crippen molar-refractivity contribution in [3.63, 3.8) is 0 Å². The van der Waals surface area contributed by atoms with E-state index < -0.39 is 22.4 Å². The molecule has 4 rings (SSSR count). The Morgan fingerprint density at radius 2 is 1.79 bits per heavy atom. The number of aromatic nitrogens is 1. The van der Waals surface area contributed by atoms with E-state index in [1.165, 1.54) is 0 Å². The monoisotopic (exact) mass is 478 g/mol. The van der Waals surface area contributed by atoms with Crippen LogP contribution in [-0.2, 0) is 6.18 Å². The molecule has 0 saturated carbocycles. The van der Waals surface area contributed by atoms with Crippen LogP contribution >= 0.6 is 11.6 Å². The third kappa shape index (κ3) is 4.56. The summed E-state index contributed by atoms with van der Waals surface area (Å²) in [5.41, 5.74) is 0.114. The van der Waals surface area contributed by atoms with Crippen molar-refractivity contribution in [3.05, 3.63) is 74.4 Å². The van der Waals surface area contributed by atoms with E-state index in [1.54, 1.807) is 41.0 Å². The predicted octanol–water partition coefficient (Wildman–Crippen LogP) is 5.09. The summed E-state index contributed by atoms with van der Waals surface area (Å²) in [6.45, 7) is 2.73. The van der Waals surface area contributed by atoms with Crippen LogP contribution < -0.4 is 4.90 Å². The molecule has 2 heterocycles. The maximum Gasteiger partial charge on any atom is 0.416 e. The largest absolute Gasteiger partial charge is 0.416 e. The number of nitro benzene ring substituents is 1. The molecule has 33 heavy (non-hydrogen) atoms. The highest BCUT2D eigenvalue weighted by Gasteiger charge is 2.34. The standard InChI is InChI=1S/C22H18ClF3N4O3/c1-13-17(11-14-10-16(23)3-4-18(14)27-13)21(31)29-8-6-28(7-9-29)19-5-2-15(22(24,25)26)12-20(19)30(32)33/h2-5,10-12H,6-9H2,1H3. The summed E-state index contributed by atoms with van der Waals surface area (Å²) in [5, 5.41) is 12.7. The first-order valence-corrected chi connectivity index (χ1v) is 10.4. The van der Waals surface area contributed by atoms with Crippen molar-refractivity contribution < 1.29 is 22.9 Å². The van der Waals surface area contributed by atoms with Gasteiger partial charge >= 0.3 is 6.18 Å². The van der Waals surface area contributed by atoms with Gasteiger partial charge in [0.25, 0.3) is 11.6 Å². The van der Waals surface area contributed by atoms with Gasteiger partial charge in [0.15, 0.2) is 0 Å². The molecule has 1 fully saturated rings. The maximum absolute atomic E-state index is 13.1. The molecule has 1 aromatic heterocycles. The summed E-state index contributed by atoms with van der Waals surface area (Å²) >= 11 is 6.04. The molecule has 0 atom stereocenters. The molecule has 2 aromatic carbocycles. The minimum absolute atomic E-state index is 0.0956. The molecule has 7 nitrogen and oxygen atoms in total. The van der Waals surface area contributed by atoms with Crippen LogP contribution in [0.4, 0.5) is 24.5 Å². The van der Waals surface area contributed by atoms with Gasteiger partial charge in [-0.25, -0.2) is 0 Å². The molecule has 0 bridgehead atoms. The van der Waals surface area contributed by atoms with E-state index in [1.807, 2.05) is 0 Å². The van der Waals surface area contributed by atoms with E-state index in [-0.39, 0.29) is 37.8 Å². The molecule has 0 N–H and O–H groups in total. The van der Waals surface area contributed by atoms with Gasteiger partial charge in [0.05, 0.1) is 27.3 Å². The summed E-state index contributed by atoms with van der Waals surface area (Å²) in [6.07, 6.45) is -4.68. The van der Waals surface area contributed by atoms with Crippen molar-refractivity contribution in [2.75, 3.05) is 31.1 Å². The van der Waals surface area contributed by atoms with Gasteiger partial charge in [0, 0.05) is 42.7 Å². The van der Waals surface area contributed by atoms with Crippen molar-refractivity contribution in [2.24, 2.45) is 0 Å². The Balaban J connectivity index is 1.54. The fourth-order valence-electron chi connectivity index (χ4n) is 3.89. The molecular formula is C22H18ClF3N4O3. The molecule has 11 heteroatoms. The fraction of sp³-hybridized carbons (Fsp3) is 0.273. The molecule has 1 aliphatic rings. The first kappa shape index (κ1) is 22.8. The van der Waals surface area contributed by atoms with Crippen LogP contribution in [0.15, 0.2) is 42.5 Å². The molecule has 1 saturated heterocycles. The Morgan fingerprint density at radius 3 is 2.42 bits per heavy atom. The Hall–Kier alpha value is -3.40. The zero-order valence-corrected chi connectivity index (χ0v) is 18.2. The first-order chi connectivity index (χ1) is 15.5. The number of halogens is 4. The quantitative estimate of drug-likeness (QED) is 0.387. The highest BCUT2D eigenvalue weighted by atomic mass is 35.5. The molecule has 0 unspecified atom stereocenters. The number of hydrogen-bond acceptors (Lipinski definition) is 5. The number of alkyl halides is 3. The molecule has 0 aliphatic carbocycles. The Morgan fingerprint density at radius 1 is 1.09 bits per heavy atom. The number of rotatable bonds is 3. The normalized spacial score (nSPS) is 14.6. The topological polar surface area (TPSA) is 79.6 Å². The zero-order valence-electron chi connectivity index (χ0n) is 17.4. The molecule has 172 valence electrons. The van der Waals surface area contributed by atoms with E-state index in [0.717, 1.165) is 17.5 Å². The number of hydrogen-bond donors (Lipinski definition) is 0. The molecule has 0 radical (unpaired) electrons. The number of carbonyl (C=O) groups excluding carboxylic acids is 1. The lowest BCUT2D eigenvalue weighted by Crippen LogP contribution is -2.49. The summed E-state index contributed by atoms with van der Waals surface area (Å²) in [6, 6.07) is 9.43. The van der Waals surface area contributed by atoms with Crippen molar-refractivity contribution in [3.8, 4) is 0 Å². The zero-order chi connectivity index (χ0) is 23.9. The van der Waals surface area contributed by atoms with Crippen LogP contribution in [0.5, 0.6) is 0 Å². The third-order valence-corrected chi connectivity index (χ3v) is 5.84. The van der Waals surface area contributed by atoms with Gasteiger partial charge in [-0.3, -0.25) is 19.9 Å². The predicted molar refractivity (Wildman–Crippen MR) is 118 cm³/mol. The number of benzene rings is 2. The lowest BCUT2D eigenvalue weighted by molar-refractivity contribution is -0.384. The Kier molecular flexibility index (Phi) is 5.87. The van der Waals surface area contributed by atoms with Gasteiger partial charge in [-0.05, 0) is 43.3 Å². The summed E-state index contributed by atoms with van der Waals surface area (Å²) in [5.74, 6) is -0.233. The number of fused-ring (bicyclic) bond motifs is 1. The lowest BCUT2D eigenvalue weighted by Gasteiger charge is -2.36. The smallest absolute Gasteiger partial charge is 0.362 e. The SMILES string of the molecule is Cc1nc2ccc(Cl)cc2cc1C(=O)N1CCN(c2ccc(C(F)(F)F)cc2[N+](=O)[O-])CC1. The van der Waals surface area contributed by atoms with Crippen molar-refractivity contribution >= 4 is 39.8 Å². The first-order valence-electron chi connectivity index (χ1n) is 10.0. The van der Waals surface area contributed by atoms with Gasteiger partial charge in [-0.1, -0.05) is 11.6 Å². The number of carbonyl (C=O) groups is 1. The van der Waals surface area contributed by atoms with Crippen molar-refractivity contribution in [1.29, 1.82) is 0 Å². The van der Waals surface area contributed by atoms with Gasteiger partial charge in [0.2, 0.25) is 0 Å². The van der Waals surface area contributed by atoms with Crippen LogP contribution in [0.25, 0.3) is 10.9 Å². The number of anilines is 1. The van der Waals surface area contributed by atoms with Crippen LogP contribution in [0.2, 0.25) is 5.02 Å². The molecular weight excluding hydrogens is 461 g/mol. The maximum atomic E-state index is 13.1. The summed E-state index contributed by atoms with van der Waals surface area (Å²) < 4.78 is 38.9. The van der Waals surface area contributed by atoms with E-state index in [4.69, 9.17) is 11.6 Å². The van der Waals surface area contributed by atoms with Crippen molar-refractivity contribution in [1.82, 2.24) is 9.88 Å². The molecule has 1 aliphatic heterocycles. The van der Waals surface area contributed by atoms with Crippen LogP contribution in [-0.4, -0.2) is 46.9 Å². The number of nitrogens with zero attached hydrogens (tertiary/aromatic N) is 4. The van der Waals surface area contributed by atoms with E-state index in [0.29, 0.717) is 27.9 Å². The van der Waals surface area contributed by atoms with Crippen LogP contribution in [0.1, 0.15) is 21.6 Å². The summed E-state index contributed by atoms with van der Waals surface area (Å²) in [7, 11) is 0. The average Bonchev–Trinajstić information content (AvgIpc) is 2.77. The Bertz CT molecular complexity index is 1260. The molecule has 0 spiro atoms. The highest BCUT2D eigenvalue weighted by Crippen LogP contribution is 2.37. The highest BCUT2D eigenvalue weighted by molar-refractivity contribution is 6.31. The van der Waals surface area contributed by atoms with Gasteiger partial charge in [0.1, 0.15) is 5.69 Å². The van der Waals surface area contributed by atoms with E-state index in [9.17, 15) is 28.1 Å². The number of pyridine rings is 1. The van der Waals surface area contributed by atoms with Crippen LogP contribution in [0.3, 0.4) is 0 Å². The summed E-state index contributed by atoms with van der Waals surface area (Å²) in [4.78, 5) is 31.4. The van der Waals surface area contributed by atoms with Crippen molar-refractivity contribution in [2.45, 2.75) is 13.1 Å². The number of piperazine rings is 1. The lowest BCUT2D eigenvalue weighted by atomic mass is 10.1. The molecule has 1 amide bonds. The second kappa shape index (κ2) is 8.51. The van der Waals surface area contributed by atoms with Crippen LogP contribution in [0, 0.1) is 17.0 Å². The number of nitro groups is 1. The van der Waals surface area contributed by atoms with E-state index >= 15 is 0 Å². The second-order valence-corrected chi connectivity index (χ2v) is 8.13. The van der Waals surface area contributed by atoms with Gasteiger partial charge in [-0.2, -0.15) is 13.2 Å². The number of amides is 1. The Labute approximate surface area is 191 Å². The molecule has 3 aromatic rings. The van der Waals surface area contributed by atoms with E-state index in [2.05, 4.69) is 4.98 Å². The minimum Gasteiger partial charge on any atom is -0.362 e. The number of aryl methyl sites for hydroxylation is 1. The fourth-order valence-corrected chi connectivity index (χ4v) is 4.07. The third-order valence-electron chi connectivity index (χ3n) is 5.60. The van der Waals surface area contributed by atoms with Gasteiger partial charge < -0.3 is 9.80 Å². The second-order valence-electron chi connectivity index (χ2n) is 7.70. The average molecular weight is 479 g/mol. The minimum atomic E-state index is -4.68. The van der Waals surface area contributed by atoms with Gasteiger partial charge in [-0.15, -0.1) is 0 Å².